The number of anilines is 2. The van der Waals surface area contributed by atoms with Crippen molar-refractivity contribution >= 4 is 17.3 Å². The van der Waals surface area contributed by atoms with Gasteiger partial charge in [0.25, 0.3) is 0 Å². The molecule has 5 heteroatoms. The third kappa shape index (κ3) is 2.98. The first-order chi connectivity index (χ1) is 9.01. The molecule has 2 rings (SSSR count). The molecule has 0 bridgehead atoms. The highest BCUT2D eigenvalue weighted by atomic mass is 16.5. The van der Waals surface area contributed by atoms with Gasteiger partial charge in [-0.3, -0.25) is 0 Å². The average Bonchev–Trinajstić information content (AvgIpc) is 2.30. The molecule has 0 radical (unpaired) electrons. The van der Waals surface area contributed by atoms with Crippen molar-refractivity contribution in [3.05, 3.63) is 23.3 Å². The summed E-state index contributed by atoms with van der Waals surface area (Å²) in [4.78, 5) is 11.1. The summed E-state index contributed by atoms with van der Waals surface area (Å²) in [5, 5.41) is 12.4. The fourth-order valence-electron chi connectivity index (χ4n) is 2.35. The van der Waals surface area contributed by atoms with E-state index in [1.807, 2.05) is 19.9 Å². The zero-order valence-electron chi connectivity index (χ0n) is 11.3. The number of benzene rings is 1. The number of aryl methyl sites for hydroxylation is 1. The van der Waals surface area contributed by atoms with Gasteiger partial charge in [0.1, 0.15) is 0 Å². The maximum absolute atomic E-state index is 11.1. The Bertz CT molecular complexity index is 482. The van der Waals surface area contributed by atoms with Gasteiger partial charge in [0.2, 0.25) is 0 Å². The van der Waals surface area contributed by atoms with Crippen molar-refractivity contribution < 1.29 is 14.6 Å². The van der Waals surface area contributed by atoms with Crippen LogP contribution >= 0.6 is 0 Å². The number of nitrogens with one attached hydrogen (secondary N) is 1. The van der Waals surface area contributed by atoms with Gasteiger partial charge >= 0.3 is 5.97 Å². The molecule has 1 aliphatic carbocycles. The Kier molecular flexibility index (Phi) is 3.95. The third-order valence-corrected chi connectivity index (χ3v) is 3.49. The van der Waals surface area contributed by atoms with Crippen molar-refractivity contribution in [3.63, 3.8) is 0 Å². The lowest BCUT2D eigenvalue weighted by atomic mass is 9.89. The first-order valence-electron chi connectivity index (χ1n) is 6.52. The summed E-state index contributed by atoms with van der Waals surface area (Å²) < 4.78 is 5.50. The highest BCUT2D eigenvalue weighted by Crippen LogP contribution is 2.29. The molecule has 1 fully saturated rings. The number of rotatable bonds is 5. The van der Waals surface area contributed by atoms with Crippen molar-refractivity contribution in [2.24, 2.45) is 0 Å². The van der Waals surface area contributed by atoms with E-state index in [1.54, 1.807) is 6.07 Å². The molecule has 0 unspecified atom stereocenters. The summed E-state index contributed by atoms with van der Waals surface area (Å²) in [7, 11) is 0. The van der Waals surface area contributed by atoms with Crippen molar-refractivity contribution in [1.82, 2.24) is 0 Å². The number of nitrogen functional groups attached to an aromatic ring is 1. The molecule has 1 saturated carbocycles. The summed E-state index contributed by atoms with van der Waals surface area (Å²) in [6, 6.07) is 3.83. The molecule has 1 aromatic carbocycles. The number of carboxylic acids is 1. The predicted molar refractivity (Wildman–Crippen MR) is 74.6 cm³/mol. The molecule has 0 heterocycles. The Hall–Kier alpha value is -1.75. The summed E-state index contributed by atoms with van der Waals surface area (Å²) >= 11 is 0. The molecular weight excluding hydrogens is 244 g/mol. The number of nitrogens with two attached hydrogens (primary N) is 1. The van der Waals surface area contributed by atoms with Crippen LogP contribution in [0.25, 0.3) is 0 Å². The van der Waals surface area contributed by atoms with Gasteiger partial charge in [-0.2, -0.15) is 0 Å². The van der Waals surface area contributed by atoms with Gasteiger partial charge in [-0.15, -0.1) is 0 Å². The predicted octanol–water partition coefficient (Wildman–Crippen LogP) is 2.25. The molecule has 0 spiro atoms. The molecule has 19 heavy (non-hydrogen) atoms. The van der Waals surface area contributed by atoms with Crippen molar-refractivity contribution in [3.8, 4) is 0 Å². The number of ether oxygens (including phenoxy) is 1. The molecule has 0 aliphatic heterocycles. The van der Waals surface area contributed by atoms with Crippen LogP contribution < -0.4 is 11.1 Å². The number of hydrogen-bond acceptors (Lipinski definition) is 4. The smallest absolute Gasteiger partial charge is 0.337 e. The molecule has 1 aromatic rings. The van der Waals surface area contributed by atoms with Crippen LogP contribution in [-0.2, 0) is 4.74 Å². The van der Waals surface area contributed by atoms with Crippen LogP contribution in [0.15, 0.2) is 12.1 Å². The Morgan fingerprint density at radius 3 is 2.79 bits per heavy atom. The largest absolute Gasteiger partial charge is 0.478 e. The Labute approximate surface area is 112 Å². The average molecular weight is 264 g/mol. The second kappa shape index (κ2) is 5.48. The molecule has 0 aromatic heterocycles. The minimum atomic E-state index is -0.995. The second-order valence-electron chi connectivity index (χ2n) is 4.95. The van der Waals surface area contributed by atoms with Gasteiger partial charge in [-0.1, -0.05) is 0 Å². The van der Waals surface area contributed by atoms with E-state index < -0.39 is 5.97 Å². The van der Waals surface area contributed by atoms with Gasteiger partial charge in [-0.25, -0.2) is 4.79 Å². The van der Waals surface area contributed by atoms with Crippen molar-refractivity contribution in [1.29, 1.82) is 0 Å². The quantitative estimate of drug-likeness (QED) is 0.710. The first kappa shape index (κ1) is 13.7. The lowest BCUT2D eigenvalue weighted by Crippen LogP contribution is -2.40. The normalized spacial score (nSPS) is 21.8. The van der Waals surface area contributed by atoms with Gasteiger partial charge in [-0.05, 0) is 44.4 Å². The van der Waals surface area contributed by atoms with E-state index in [1.165, 1.54) is 0 Å². The molecule has 1 aliphatic rings. The number of aromatic carboxylic acids is 1. The third-order valence-electron chi connectivity index (χ3n) is 3.49. The number of carbonyl (C=O) groups is 1. The van der Waals surface area contributed by atoms with Crippen molar-refractivity contribution in [2.45, 2.75) is 38.8 Å². The number of carboxylic acid groups (broad SMARTS) is 1. The van der Waals surface area contributed by atoms with Gasteiger partial charge in [0, 0.05) is 24.0 Å². The maximum Gasteiger partial charge on any atom is 0.337 e. The Morgan fingerprint density at radius 1 is 1.53 bits per heavy atom. The Morgan fingerprint density at radius 2 is 2.21 bits per heavy atom. The second-order valence-corrected chi connectivity index (χ2v) is 4.95. The van der Waals surface area contributed by atoms with Crippen LogP contribution in [-0.4, -0.2) is 29.8 Å². The summed E-state index contributed by atoms with van der Waals surface area (Å²) in [5.74, 6) is -0.995. The number of hydrogen-bond donors (Lipinski definition) is 3. The van der Waals surface area contributed by atoms with Crippen LogP contribution in [0.2, 0.25) is 0 Å². The van der Waals surface area contributed by atoms with Crippen LogP contribution in [0.4, 0.5) is 11.4 Å². The Balaban J connectivity index is 2.04. The molecular formula is C14H20N2O3. The van der Waals surface area contributed by atoms with Crippen LogP contribution in [0.1, 0.15) is 35.7 Å². The monoisotopic (exact) mass is 264 g/mol. The fourth-order valence-corrected chi connectivity index (χ4v) is 2.35. The molecule has 0 saturated heterocycles. The first-order valence-corrected chi connectivity index (χ1v) is 6.52. The lowest BCUT2D eigenvalue weighted by Gasteiger charge is -2.36. The standard InChI is InChI=1S/C14H20N2O3/c1-3-19-11-5-10(6-11)16-9-4-8(2)13(15)12(7-9)14(17)18/h4,7,10-11,16H,3,5-6,15H2,1-2H3,(H,17,18). The van der Waals surface area contributed by atoms with E-state index in [2.05, 4.69) is 5.32 Å². The highest BCUT2D eigenvalue weighted by Gasteiger charge is 2.29. The van der Waals surface area contributed by atoms with Crippen LogP contribution in [0.5, 0.6) is 0 Å². The minimum absolute atomic E-state index is 0.156. The fraction of sp³-hybridized carbons (Fsp3) is 0.500. The molecule has 5 nitrogen and oxygen atoms in total. The highest BCUT2D eigenvalue weighted by molar-refractivity contribution is 5.95. The van der Waals surface area contributed by atoms with Gasteiger partial charge < -0.3 is 20.9 Å². The van der Waals surface area contributed by atoms with E-state index in [4.69, 9.17) is 15.6 Å². The van der Waals surface area contributed by atoms with Crippen LogP contribution in [0, 0.1) is 6.92 Å². The van der Waals surface area contributed by atoms with Crippen LogP contribution in [0.3, 0.4) is 0 Å². The summed E-state index contributed by atoms with van der Waals surface area (Å²) in [5.41, 5.74) is 7.84. The zero-order chi connectivity index (χ0) is 14.0. The molecule has 4 N–H and O–H groups in total. The van der Waals surface area contributed by atoms with Gasteiger partial charge in [0.05, 0.1) is 11.7 Å². The zero-order valence-corrected chi connectivity index (χ0v) is 11.3. The van der Waals surface area contributed by atoms with E-state index >= 15 is 0 Å². The maximum atomic E-state index is 11.1. The van der Waals surface area contributed by atoms with E-state index in [0.717, 1.165) is 30.7 Å². The van der Waals surface area contributed by atoms with Crippen molar-refractivity contribution in [2.75, 3.05) is 17.7 Å². The van der Waals surface area contributed by atoms with E-state index in [-0.39, 0.29) is 5.56 Å². The topological polar surface area (TPSA) is 84.6 Å². The summed E-state index contributed by atoms with van der Waals surface area (Å²) in [6.45, 7) is 4.54. The molecule has 0 amide bonds. The minimum Gasteiger partial charge on any atom is -0.478 e. The van der Waals surface area contributed by atoms with E-state index in [9.17, 15) is 4.79 Å². The lowest BCUT2D eigenvalue weighted by molar-refractivity contribution is 0.00298. The SMILES string of the molecule is CCOC1CC(Nc2cc(C)c(N)c(C(=O)O)c2)C1. The molecule has 0 atom stereocenters. The molecule has 104 valence electrons. The van der Waals surface area contributed by atoms with E-state index in [0.29, 0.717) is 17.8 Å². The van der Waals surface area contributed by atoms with Gasteiger partial charge in [0.15, 0.2) is 0 Å². The summed E-state index contributed by atoms with van der Waals surface area (Å²) in [6.07, 6.45) is 2.25.